The van der Waals surface area contributed by atoms with Crippen LogP contribution in [0.3, 0.4) is 0 Å². The van der Waals surface area contributed by atoms with Crippen LogP contribution in [0.15, 0.2) is 101 Å². The number of nitriles is 1. The second kappa shape index (κ2) is 7.08. The second-order valence-corrected chi connectivity index (χ2v) is 7.82. The van der Waals surface area contributed by atoms with Gasteiger partial charge >= 0.3 is 0 Å². The predicted octanol–water partition coefficient (Wildman–Crippen LogP) is 8.08. The molecule has 0 radical (unpaired) electrons. The van der Waals surface area contributed by atoms with Crippen molar-refractivity contribution < 1.29 is 8.81 Å². The van der Waals surface area contributed by atoms with Crippen LogP contribution in [0, 0.1) is 17.1 Å². The summed E-state index contributed by atoms with van der Waals surface area (Å²) in [6.45, 7) is 0. The standard InChI is InChI=1S/C29H16FNO/c30-27-13-9-18(17-31)15-25(27)23-12-11-20(21-5-1-2-6-22(21)23)19-10-14-29-26(16-19)24-7-3-4-8-28(24)32-29/h1-16H. The molecule has 2 nitrogen and oxygen atoms in total. The number of benzene rings is 5. The molecule has 0 aliphatic rings. The van der Waals surface area contributed by atoms with Crippen LogP contribution in [0.2, 0.25) is 0 Å². The van der Waals surface area contributed by atoms with Crippen LogP contribution in [0.5, 0.6) is 0 Å². The van der Waals surface area contributed by atoms with Crippen LogP contribution >= 0.6 is 0 Å². The van der Waals surface area contributed by atoms with Crippen LogP contribution in [0.25, 0.3) is 55.0 Å². The number of para-hydroxylation sites is 1. The average Bonchev–Trinajstić information content (AvgIpc) is 3.22. The number of nitrogens with zero attached hydrogens (tertiary/aromatic N) is 1. The summed E-state index contributed by atoms with van der Waals surface area (Å²) in [5.74, 6) is -0.340. The molecule has 0 aliphatic carbocycles. The van der Waals surface area contributed by atoms with E-state index >= 15 is 0 Å². The Morgan fingerprint density at radius 2 is 1.28 bits per heavy atom. The van der Waals surface area contributed by atoms with Gasteiger partial charge in [0.2, 0.25) is 0 Å². The molecule has 0 bridgehead atoms. The molecule has 32 heavy (non-hydrogen) atoms. The number of furan rings is 1. The molecular weight excluding hydrogens is 397 g/mol. The third-order valence-corrected chi connectivity index (χ3v) is 6.00. The Balaban J connectivity index is 1.60. The molecule has 0 unspecified atom stereocenters. The number of fused-ring (bicyclic) bond motifs is 4. The number of hydrogen-bond donors (Lipinski definition) is 0. The zero-order valence-corrected chi connectivity index (χ0v) is 17.0. The predicted molar refractivity (Wildman–Crippen MR) is 127 cm³/mol. The zero-order chi connectivity index (χ0) is 21.7. The molecule has 150 valence electrons. The molecule has 0 fully saturated rings. The fourth-order valence-electron chi connectivity index (χ4n) is 4.48. The minimum Gasteiger partial charge on any atom is -0.456 e. The first-order valence-corrected chi connectivity index (χ1v) is 10.4. The summed E-state index contributed by atoms with van der Waals surface area (Å²) in [5, 5.41) is 13.4. The molecule has 6 rings (SSSR count). The molecule has 3 heteroatoms. The Morgan fingerprint density at radius 1 is 0.594 bits per heavy atom. The van der Waals surface area contributed by atoms with Crippen molar-refractivity contribution in [2.75, 3.05) is 0 Å². The van der Waals surface area contributed by atoms with Gasteiger partial charge in [-0.05, 0) is 63.9 Å². The van der Waals surface area contributed by atoms with Gasteiger partial charge in [-0.2, -0.15) is 5.26 Å². The van der Waals surface area contributed by atoms with E-state index in [9.17, 15) is 9.65 Å². The molecule has 6 aromatic rings. The number of hydrogen-bond acceptors (Lipinski definition) is 2. The summed E-state index contributed by atoms with van der Waals surface area (Å²) in [7, 11) is 0. The lowest BCUT2D eigenvalue weighted by Gasteiger charge is -2.13. The Bertz CT molecular complexity index is 1700. The van der Waals surface area contributed by atoms with E-state index < -0.39 is 0 Å². The first kappa shape index (κ1) is 18.4. The van der Waals surface area contributed by atoms with E-state index in [2.05, 4.69) is 30.3 Å². The molecule has 0 aliphatic heterocycles. The highest BCUT2D eigenvalue weighted by molar-refractivity contribution is 6.09. The summed E-state index contributed by atoms with van der Waals surface area (Å²) in [5.41, 5.74) is 5.49. The largest absolute Gasteiger partial charge is 0.456 e. The van der Waals surface area contributed by atoms with Crippen LogP contribution in [0.1, 0.15) is 5.56 Å². The van der Waals surface area contributed by atoms with Crippen molar-refractivity contribution in [2.45, 2.75) is 0 Å². The summed E-state index contributed by atoms with van der Waals surface area (Å²) < 4.78 is 20.7. The normalized spacial score (nSPS) is 11.2. The Kier molecular flexibility index (Phi) is 4.06. The quantitative estimate of drug-likeness (QED) is 0.288. The van der Waals surface area contributed by atoms with E-state index in [0.29, 0.717) is 11.1 Å². The Morgan fingerprint density at radius 3 is 2.09 bits per heavy atom. The highest BCUT2D eigenvalue weighted by atomic mass is 19.1. The lowest BCUT2D eigenvalue weighted by Crippen LogP contribution is -1.90. The van der Waals surface area contributed by atoms with Gasteiger partial charge in [0.05, 0.1) is 11.6 Å². The van der Waals surface area contributed by atoms with Gasteiger partial charge in [-0.15, -0.1) is 0 Å². The third-order valence-electron chi connectivity index (χ3n) is 6.00. The highest BCUT2D eigenvalue weighted by Crippen LogP contribution is 2.39. The topological polar surface area (TPSA) is 36.9 Å². The molecule has 0 saturated heterocycles. The Labute approximate surface area is 183 Å². The van der Waals surface area contributed by atoms with Crippen molar-refractivity contribution in [1.29, 1.82) is 5.26 Å². The van der Waals surface area contributed by atoms with Gasteiger partial charge in [-0.1, -0.05) is 60.7 Å². The highest BCUT2D eigenvalue weighted by Gasteiger charge is 2.14. The molecule has 0 saturated carbocycles. The first-order valence-electron chi connectivity index (χ1n) is 10.4. The number of rotatable bonds is 2. The fourth-order valence-corrected chi connectivity index (χ4v) is 4.48. The number of halogens is 1. The van der Waals surface area contributed by atoms with E-state index in [1.165, 1.54) is 12.1 Å². The third kappa shape index (κ3) is 2.78. The monoisotopic (exact) mass is 413 g/mol. The van der Waals surface area contributed by atoms with Gasteiger partial charge in [0.15, 0.2) is 0 Å². The van der Waals surface area contributed by atoms with Crippen molar-refractivity contribution in [3.63, 3.8) is 0 Å². The van der Waals surface area contributed by atoms with Gasteiger partial charge in [0.25, 0.3) is 0 Å². The van der Waals surface area contributed by atoms with Gasteiger partial charge in [0.1, 0.15) is 17.0 Å². The van der Waals surface area contributed by atoms with Crippen LogP contribution in [-0.4, -0.2) is 0 Å². The van der Waals surface area contributed by atoms with Gasteiger partial charge < -0.3 is 4.42 Å². The fraction of sp³-hybridized carbons (Fsp3) is 0. The van der Waals surface area contributed by atoms with Crippen molar-refractivity contribution in [1.82, 2.24) is 0 Å². The first-order chi connectivity index (χ1) is 15.7. The van der Waals surface area contributed by atoms with E-state index in [1.807, 2.05) is 54.6 Å². The smallest absolute Gasteiger partial charge is 0.135 e. The lowest BCUT2D eigenvalue weighted by atomic mass is 9.91. The van der Waals surface area contributed by atoms with Crippen LogP contribution in [0.4, 0.5) is 4.39 Å². The van der Waals surface area contributed by atoms with Crippen LogP contribution < -0.4 is 0 Å². The molecule has 1 aromatic heterocycles. The molecule has 5 aromatic carbocycles. The maximum Gasteiger partial charge on any atom is 0.135 e. The zero-order valence-electron chi connectivity index (χ0n) is 17.0. The molecule has 0 spiro atoms. The summed E-state index contributed by atoms with van der Waals surface area (Å²) in [6.07, 6.45) is 0. The molecular formula is C29H16FNO. The molecule has 0 atom stereocenters. The summed E-state index contributed by atoms with van der Waals surface area (Å²) in [4.78, 5) is 0. The average molecular weight is 413 g/mol. The maximum atomic E-state index is 14.7. The van der Waals surface area contributed by atoms with Gasteiger partial charge in [-0.25, -0.2) is 4.39 Å². The minimum atomic E-state index is -0.340. The van der Waals surface area contributed by atoms with Crippen molar-refractivity contribution >= 4 is 32.7 Å². The van der Waals surface area contributed by atoms with E-state index in [0.717, 1.165) is 49.4 Å². The lowest BCUT2D eigenvalue weighted by molar-refractivity contribution is 0.631. The maximum absolute atomic E-state index is 14.7. The van der Waals surface area contributed by atoms with Gasteiger partial charge in [0, 0.05) is 16.3 Å². The van der Waals surface area contributed by atoms with E-state index in [1.54, 1.807) is 6.07 Å². The van der Waals surface area contributed by atoms with Gasteiger partial charge in [-0.3, -0.25) is 0 Å². The van der Waals surface area contributed by atoms with E-state index in [4.69, 9.17) is 4.42 Å². The molecule has 0 amide bonds. The Hall–Kier alpha value is -4.42. The van der Waals surface area contributed by atoms with Crippen molar-refractivity contribution in [3.8, 4) is 28.3 Å². The summed E-state index contributed by atoms with van der Waals surface area (Å²) >= 11 is 0. The molecule has 0 N–H and O–H groups in total. The second-order valence-electron chi connectivity index (χ2n) is 7.82. The summed E-state index contributed by atoms with van der Waals surface area (Å²) in [6, 6.07) is 32.8. The van der Waals surface area contributed by atoms with Crippen molar-refractivity contribution in [2.24, 2.45) is 0 Å². The van der Waals surface area contributed by atoms with E-state index in [-0.39, 0.29) is 5.82 Å². The van der Waals surface area contributed by atoms with Crippen LogP contribution in [-0.2, 0) is 0 Å². The minimum absolute atomic E-state index is 0.340. The SMILES string of the molecule is N#Cc1ccc(F)c(-c2ccc(-c3ccc4oc5ccccc5c4c3)c3ccccc23)c1. The molecule has 1 heterocycles. The van der Waals surface area contributed by atoms with Crippen molar-refractivity contribution in [3.05, 3.63) is 108 Å².